The maximum absolute atomic E-state index is 7.47. The summed E-state index contributed by atoms with van der Waals surface area (Å²) in [6.45, 7) is 11.4. The van der Waals surface area contributed by atoms with Crippen LogP contribution in [0.25, 0.3) is 25.9 Å². The van der Waals surface area contributed by atoms with E-state index in [2.05, 4.69) is 28.0 Å². The van der Waals surface area contributed by atoms with Crippen molar-refractivity contribution in [2.45, 2.75) is 45.3 Å². The molecule has 5 heteroatoms. The number of hydrogen-bond acceptors (Lipinski definition) is 4. The summed E-state index contributed by atoms with van der Waals surface area (Å²) < 4.78 is 5.73. The normalized spacial score (nSPS) is 15.9. The highest BCUT2D eigenvalue weighted by Gasteiger charge is 2.21. The molecule has 0 unspecified atom stereocenters. The minimum Gasteiger partial charge on any atom is -0.502 e. The van der Waals surface area contributed by atoms with Crippen molar-refractivity contribution >= 4 is 17.0 Å². The van der Waals surface area contributed by atoms with Crippen LogP contribution in [0.15, 0.2) is 42.6 Å². The van der Waals surface area contributed by atoms with Crippen LogP contribution in [0.5, 0.6) is 5.75 Å². The maximum atomic E-state index is 7.47. The third-order valence-electron chi connectivity index (χ3n) is 5.01. The van der Waals surface area contributed by atoms with Crippen LogP contribution in [0, 0.1) is 6.57 Å². The molecule has 1 aliphatic carbocycles. The lowest BCUT2D eigenvalue weighted by molar-refractivity contribution is 0.244. The zero-order valence-corrected chi connectivity index (χ0v) is 16.9. The van der Waals surface area contributed by atoms with Crippen molar-refractivity contribution in [3.63, 3.8) is 0 Å². The molecule has 0 bridgehead atoms. The highest BCUT2D eigenvalue weighted by Crippen LogP contribution is 2.40. The fraction of sp³-hybridized carbons (Fsp3) is 0.304. The van der Waals surface area contributed by atoms with E-state index in [1.54, 1.807) is 11.3 Å². The van der Waals surface area contributed by atoms with E-state index >= 15 is 0 Å². The van der Waals surface area contributed by atoms with E-state index < -0.39 is 0 Å². The van der Waals surface area contributed by atoms with E-state index in [-0.39, 0.29) is 12.1 Å². The summed E-state index contributed by atoms with van der Waals surface area (Å²) in [7, 11) is 0. The lowest BCUT2D eigenvalue weighted by Crippen LogP contribution is -2.17. The Morgan fingerprint density at radius 2 is 2.14 bits per heavy atom. The predicted molar refractivity (Wildman–Crippen MR) is 115 cm³/mol. The van der Waals surface area contributed by atoms with Gasteiger partial charge in [0.25, 0.3) is 0 Å². The molecule has 0 saturated heterocycles. The molecule has 0 fully saturated rings. The van der Waals surface area contributed by atoms with Crippen molar-refractivity contribution in [2.75, 3.05) is 0 Å². The maximum Gasteiger partial charge on any atom is 0.228 e. The van der Waals surface area contributed by atoms with Gasteiger partial charge in [-0.25, -0.2) is 9.83 Å². The van der Waals surface area contributed by atoms with Gasteiger partial charge in [-0.15, -0.1) is 11.3 Å². The molecule has 1 atom stereocenters. The van der Waals surface area contributed by atoms with Crippen molar-refractivity contribution in [1.82, 2.24) is 4.98 Å². The second kappa shape index (κ2) is 7.75. The molecule has 0 spiro atoms. The van der Waals surface area contributed by atoms with Gasteiger partial charge in [0, 0.05) is 17.8 Å². The molecule has 1 heterocycles. The van der Waals surface area contributed by atoms with E-state index in [9.17, 15) is 0 Å². The Balaban J connectivity index is 1.70. The average Bonchev–Trinajstić information content (AvgIpc) is 3.18. The molecule has 1 aliphatic rings. The topological polar surface area (TPSA) is 52.5 Å². The molecule has 0 aliphatic heterocycles. The summed E-state index contributed by atoms with van der Waals surface area (Å²) in [5, 5.41) is 0.911. The highest BCUT2D eigenvalue weighted by atomic mass is 32.1. The molecular weight excluding hydrogens is 366 g/mol. The van der Waals surface area contributed by atoms with Crippen LogP contribution < -0.4 is 10.5 Å². The van der Waals surface area contributed by atoms with E-state index in [0.29, 0.717) is 11.4 Å². The first kappa shape index (κ1) is 18.7. The molecule has 28 heavy (non-hydrogen) atoms. The summed E-state index contributed by atoms with van der Waals surface area (Å²) in [6, 6.07) is 12.2. The van der Waals surface area contributed by atoms with Crippen molar-refractivity contribution in [3.05, 3.63) is 65.1 Å². The zero-order chi connectivity index (χ0) is 19.7. The first-order valence-electron chi connectivity index (χ1n) is 9.59. The summed E-state index contributed by atoms with van der Waals surface area (Å²) in [5.41, 5.74) is 11.6. The molecule has 142 valence electrons. The average molecular weight is 390 g/mol. The number of aromatic nitrogens is 1. The van der Waals surface area contributed by atoms with E-state index in [1.807, 2.05) is 38.2 Å². The standard InChI is InChI=1S/C23H23N3OS/c1-14(2)27-21-11-10-15(12-20(21)25-3)23-26-13-22(28-23)18-8-4-7-17-16(18)6-5-9-19(17)24/h4,7-8,10-14,19H,5-6,9,24H2,1-2H3/t19-/m1/s1. The van der Waals surface area contributed by atoms with Gasteiger partial charge < -0.3 is 10.5 Å². The summed E-state index contributed by atoms with van der Waals surface area (Å²) in [4.78, 5) is 9.42. The van der Waals surface area contributed by atoms with Crippen LogP contribution in [-0.4, -0.2) is 11.1 Å². The van der Waals surface area contributed by atoms with Gasteiger partial charge in [-0.2, -0.15) is 0 Å². The number of rotatable bonds is 4. The fourth-order valence-electron chi connectivity index (χ4n) is 3.74. The van der Waals surface area contributed by atoms with Crippen LogP contribution in [0.3, 0.4) is 0 Å². The highest BCUT2D eigenvalue weighted by molar-refractivity contribution is 7.18. The number of nitrogens with two attached hydrogens (primary N) is 1. The lowest BCUT2D eigenvalue weighted by atomic mass is 9.85. The lowest BCUT2D eigenvalue weighted by Gasteiger charge is -2.24. The number of benzene rings is 2. The smallest absolute Gasteiger partial charge is 0.228 e. The molecule has 0 amide bonds. The second-order valence-corrected chi connectivity index (χ2v) is 8.39. The Labute approximate surface area is 169 Å². The molecule has 2 N–H and O–H groups in total. The van der Waals surface area contributed by atoms with Crippen molar-refractivity contribution < 1.29 is 4.74 Å². The summed E-state index contributed by atoms with van der Waals surface area (Å²) >= 11 is 1.66. The van der Waals surface area contributed by atoms with Gasteiger partial charge in [0.05, 0.1) is 17.6 Å². The Bertz CT molecular complexity index is 1050. The first-order valence-corrected chi connectivity index (χ1v) is 10.4. The first-order chi connectivity index (χ1) is 13.6. The van der Waals surface area contributed by atoms with Gasteiger partial charge in [-0.3, -0.25) is 0 Å². The molecule has 4 rings (SSSR count). The third kappa shape index (κ3) is 3.54. The Morgan fingerprint density at radius 1 is 1.29 bits per heavy atom. The Hall–Kier alpha value is -2.68. The molecule has 2 aromatic carbocycles. The number of hydrogen-bond donors (Lipinski definition) is 1. The minimum absolute atomic E-state index is 0.0356. The van der Waals surface area contributed by atoms with Gasteiger partial charge in [-0.1, -0.05) is 24.3 Å². The van der Waals surface area contributed by atoms with Crippen LogP contribution in [0.2, 0.25) is 0 Å². The predicted octanol–water partition coefficient (Wildman–Crippen LogP) is 6.15. The molecule has 3 aromatic rings. The number of thiazole rings is 1. The largest absolute Gasteiger partial charge is 0.502 e. The number of ether oxygens (including phenoxy) is 1. The van der Waals surface area contributed by atoms with Gasteiger partial charge in [0.1, 0.15) is 10.8 Å². The van der Waals surface area contributed by atoms with Crippen molar-refractivity contribution in [1.29, 1.82) is 0 Å². The Kier molecular flexibility index (Phi) is 5.17. The number of nitrogens with zero attached hydrogens (tertiary/aromatic N) is 2. The zero-order valence-electron chi connectivity index (χ0n) is 16.1. The van der Waals surface area contributed by atoms with Crippen LogP contribution >= 0.6 is 11.3 Å². The van der Waals surface area contributed by atoms with Crippen LogP contribution in [0.4, 0.5) is 5.69 Å². The van der Waals surface area contributed by atoms with Crippen molar-refractivity contribution in [3.8, 4) is 26.8 Å². The van der Waals surface area contributed by atoms with Crippen LogP contribution in [0.1, 0.15) is 43.9 Å². The summed E-state index contributed by atoms with van der Waals surface area (Å²) in [6.07, 6.45) is 5.21. The third-order valence-corrected chi connectivity index (χ3v) is 6.09. The second-order valence-electron chi connectivity index (χ2n) is 7.36. The van der Waals surface area contributed by atoms with E-state index in [1.165, 1.54) is 16.7 Å². The molecule has 0 radical (unpaired) electrons. The van der Waals surface area contributed by atoms with Gasteiger partial charge in [0.2, 0.25) is 5.69 Å². The SMILES string of the molecule is [C-]#[N+]c1cc(-c2ncc(-c3cccc4c3CCC[C@H]4N)s2)ccc1OC(C)C. The van der Waals surface area contributed by atoms with E-state index in [0.717, 1.165) is 34.7 Å². The van der Waals surface area contributed by atoms with Gasteiger partial charge in [0.15, 0.2) is 0 Å². The van der Waals surface area contributed by atoms with E-state index in [4.69, 9.17) is 17.0 Å². The van der Waals surface area contributed by atoms with Gasteiger partial charge >= 0.3 is 0 Å². The summed E-state index contributed by atoms with van der Waals surface area (Å²) in [5.74, 6) is 0.622. The fourth-order valence-corrected chi connectivity index (χ4v) is 4.70. The molecule has 1 aromatic heterocycles. The number of fused-ring (bicyclic) bond motifs is 1. The quantitative estimate of drug-likeness (QED) is 0.544. The molecule has 0 saturated carbocycles. The molecular formula is C23H23N3OS. The minimum atomic E-state index is 0.0356. The van der Waals surface area contributed by atoms with Gasteiger partial charge in [-0.05, 0) is 61.9 Å². The monoisotopic (exact) mass is 389 g/mol. The Morgan fingerprint density at radius 3 is 2.93 bits per heavy atom. The van der Waals surface area contributed by atoms with Crippen molar-refractivity contribution in [2.24, 2.45) is 5.73 Å². The molecule has 4 nitrogen and oxygen atoms in total. The van der Waals surface area contributed by atoms with Crippen LogP contribution in [-0.2, 0) is 6.42 Å².